The standard InChI is InChI=1S/C11H16N2O3S/c1-8-6-13(17(14,15)7-8)10-4-3-9(12)5-11(10)16-2/h3-5,8H,6-7,12H2,1-2H3. The van der Waals surface area contributed by atoms with Gasteiger partial charge in [0.2, 0.25) is 10.0 Å². The Kier molecular flexibility index (Phi) is 2.91. The highest BCUT2D eigenvalue weighted by Crippen LogP contribution is 2.35. The molecule has 0 amide bonds. The molecule has 6 heteroatoms. The van der Waals surface area contributed by atoms with E-state index in [1.165, 1.54) is 11.4 Å². The van der Waals surface area contributed by atoms with Crippen LogP contribution in [-0.2, 0) is 10.0 Å². The lowest BCUT2D eigenvalue weighted by molar-refractivity contribution is 0.415. The zero-order valence-electron chi connectivity index (χ0n) is 9.88. The molecule has 1 unspecified atom stereocenters. The fourth-order valence-corrected chi connectivity index (χ4v) is 3.98. The number of hydrogen-bond acceptors (Lipinski definition) is 4. The van der Waals surface area contributed by atoms with Gasteiger partial charge in [0.15, 0.2) is 0 Å². The third-order valence-corrected chi connectivity index (χ3v) is 4.79. The number of nitrogens with two attached hydrogens (primary N) is 1. The Balaban J connectivity index is 2.47. The lowest BCUT2D eigenvalue weighted by Crippen LogP contribution is -2.25. The van der Waals surface area contributed by atoms with Crippen LogP contribution in [0.15, 0.2) is 18.2 Å². The molecule has 1 aromatic carbocycles. The van der Waals surface area contributed by atoms with Crippen LogP contribution in [0.25, 0.3) is 0 Å². The molecule has 1 aliphatic rings. The number of rotatable bonds is 2. The van der Waals surface area contributed by atoms with Gasteiger partial charge in [-0.25, -0.2) is 8.42 Å². The van der Waals surface area contributed by atoms with E-state index < -0.39 is 10.0 Å². The van der Waals surface area contributed by atoms with E-state index >= 15 is 0 Å². The molecule has 1 atom stereocenters. The molecule has 1 aromatic rings. The van der Waals surface area contributed by atoms with Gasteiger partial charge < -0.3 is 10.5 Å². The summed E-state index contributed by atoms with van der Waals surface area (Å²) in [6.45, 7) is 2.41. The maximum Gasteiger partial charge on any atom is 0.235 e. The zero-order valence-corrected chi connectivity index (χ0v) is 10.7. The quantitative estimate of drug-likeness (QED) is 0.803. The first-order valence-corrected chi connectivity index (χ1v) is 6.99. The van der Waals surface area contributed by atoms with Crippen LogP contribution < -0.4 is 14.8 Å². The molecular formula is C11H16N2O3S. The second-order valence-corrected chi connectivity index (χ2v) is 6.28. The summed E-state index contributed by atoms with van der Waals surface area (Å²) in [6, 6.07) is 4.99. The predicted molar refractivity (Wildman–Crippen MR) is 67.7 cm³/mol. The van der Waals surface area contributed by atoms with Crippen molar-refractivity contribution in [2.45, 2.75) is 6.92 Å². The molecule has 94 valence electrons. The fourth-order valence-electron chi connectivity index (χ4n) is 2.05. The Morgan fingerprint density at radius 2 is 2.18 bits per heavy atom. The van der Waals surface area contributed by atoms with Crippen molar-refractivity contribution in [1.29, 1.82) is 0 Å². The average Bonchev–Trinajstić information content (AvgIpc) is 2.51. The summed E-state index contributed by atoms with van der Waals surface area (Å²) >= 11 is 0. The van der Waals surface area contributed by atoms with Gasteiger partial charge in [-0.2, -0.15) is 0 Å². The van der Waals surface area contributed by atoms with Gasteiger partial charge in [0.05, 0.1) is 18.6 Å². The van der Waals surface area contributed by atoms with E-state index in [0.717, 1.165) is 0 Å². The van der Waals surface area contributed by atoms with Gasteiger partial charge in [-0.05, 0) is 18.1 Å². The van der Waals surface area contributed by atoms with Crippen molar-refractivity contribution in [3.8, 4) is 5.75 Å². The van der Waals surface area contributed by atoms with Crippen molar-refractivity contribution in [3.63, 3.8) is 0 Å². The van der Waals surface area contributed by atoms with Gasteiger partial charge in [-0.3, -0.25) is 4.31 Å². The Morgan fingerprint density at radius 3 is 2.71 bits per heavy atom. The molecule has 0 radical (unpaired) electrons. The number of benzene rings is 1. The van der Waals surface area contributed by atoms with Gasteiger partial charge in [0, 0.05) is 18.3 Å². The highest BCUT2D eigenvalue weighted by Gasteiger charge is 2.35. The molecule has 2 rings (SSSR count). The lowest BCUT2D eigenvalue weighted by atomic mass is 10.2. The van der Waals surface area contributed by atoms with E-state index in [9.17, 15) is 8.42 Å². The molecule has 17 heavy (non-hydrogen) atoms. The van der Waals surface area contributed by atoms with E-state index in [1.807, 2.05) is 6.92 Å². The molecule has 2 N–H and O–H groups in total. The van der Waals surface area contributed by atoms with Gasteiger partial charge in [-0.1, -0.05) is 6.92 Å². The van der Waals surface area contributed by atoms with Crippen molar-refractivity contribution in [1.82, 2.24) is 0 Å². The second kappa shape index (κ2) is 4.10. The summed E-state index contributed by atoms with van der Waals surface area (Å²) in [5, 5.41) is 0. The maximum atomic E-state index is 12.0. The largest absolute Gasteiger partial charge is 0.494 e. The van der Waals surface area contributed by atoms with Crippen molar-refractivity contribution in [3.05, 3.63) is 18.2 Å². The number of hydrogen-bond donors (Lipinski definition) is 1. The summed E-state index contributed by atoms with van der Waals surface area (Å²) in [7, 11) is -1.72. The number of sulfonamides is 1. The molecule has 1 saturated heterocycles. The summed E-state index contributed by atoms with van der Waals surface area (Å²) in [4.78, 5) is 0. The smallest absolute Gasteiger partial charge is 0.235 e. The third-order valence-electron chi connectivity index (χ3n) is 2.78. The SMILES string of the molecule is COc1cc(N)ccc1N1CC(C)CS1(=O)=O. The minimum atomic E-state index is -3.22. The molecule has 0 saturated carbocycles. The molecule has 1 aliphatic heterocycles. The molecule has 0 bridgehead atoms. The average molecular weight is 256 g/mol. The van der Waals surface area contributed by atoms with Gasteiger partial charge >= 0.3 is 0 Å². The van der Waals surface area contributed by atoms with Crippen LogP contribution in [0.5, 0.6) is 5.75 Å². The van der Waals surface area contributed by atoms with Crippen LogP contribution >= 0.6 is 0 Å². The van der Waals surface area contributed by atoms with Crippen molar-refractivity contribution in [2.24, 2.45) is 5.92 Å². The zero-order chi connectivity index (χ0) is 12.6. The molecule has 0 aromatic heterocycles. The van der Waals surface area contributed by atoms with Crippen LogP contribution in [0.4, 0.5) is 11.4 Å². The van der Waals surface area contributed by atoms with Crippen molar-refractivity contribution in [2.75, 3.05) is 29.4 Å². The number of nitrogen functional groups attached to an aromatic ring is 1. The van der Waals surface area contributed by atoms with E-state index in [0.29, 0.717) is 23.7 Å². The van der Waals surface area contributed by atoms with Gasteiger partial charge in [0.25, 0.3) is 0 Å². The topological polar surface area (TPSA) is 72.6 Å². The predicted octanol–water partition coefficient (Wildman–Crippen LogP) is 1.06. The van der Waals surface area contributed by atoms with E-state index in [-0.39, 0.29) is 11.7 Å². The Bertz CT molecular complexity index is 528. The Hall–Kier alpha value is -1.43. The normalized spacial score (nSPS) is 22.7. The highest BCUT2D eigenvalue weighted by molar-refractivity contribution is 7.93. The van der Waals surface area contributed by atoms with Crippen LogP contribution in [-0.4, -0.2) is 27.8 Å². The number of methoxy groups -OCH3 is 1. The summed E-state index contributed by atoms with van der Waals surface area (Å²) in [5.74, 6) is 0.797. The van der Waals surface area contributed by atoms with Crippen LogP contribution in [0.2, 0.25) is 0 Å². The fraction of sp³-hybridized carbons (Fsp3) is 0.455. The monoisotopic (exact) mass is 256 g/mol. The molecule has 5 nitrogen and oxygen atoms in total. The molecule has 0 aliphatic carbocycles. The first-order chi connectivity index (χ1) is 7.94. The molecule has 1 heterocycles. The van der Waals surface area contributed by atoms with Crippen LogP contribution in [0, 0.1) is 5.92 Å². The lowest BCUT2D eigenvalue weighted by Gasteiger charge is -2.20. The third kappa shape index (κ3) is 2.17. The van der Waals surface area contributed by atoms with Crippen molar-refractivity contribution < 1.29 is 13.2 Å². The molecule has 0 spiro atoms. The highest BCUT2D eigenvalue weighted by atomic mass is 32.2. The van der Waals surface area contributed by atoms with E-state index in [1.54, 1.807) is 18.2 Å². The summed E-state index contributed by atoms with van der Waals surface area (Å²) < 4.78 is 30.5. The minimum Gasteiger partial charge on any atom is -0.494 e. The summed E-state index contributed by atoms with van der Waals surface area (Å²) in [6.07, 6.45) is 0. The maximum absolute atomic E-state index is 12.0. The first-order valence-electron chi connectivity index (χ1n) is 5.38. The van der Waals surface area contributed by atoms with Gasteiger partial charge in [-0.15, -0.1) is 0 Å². The summed E-state index contributed by atoms with van der Waals surface area (Å²) in [5.41, 5.74) is 6.76. The van der Waals surface area contributed by atoms with E-state index in [4.69, 9.17) is 10.5 Å². The molecule has 1 fully saturated rings. The molecular weight excluding hydrogens is 240 g/mol. The van der Waals surface area contributed by atoms with Gasteiger partial charge in [0.1, 0.15) is 5.75 Å². The van der Waals surface area contributed by atoms with E-state index in [2.05, 4.69) is 0 Å². The number of anilines is 2. The Labute approximate surface area is 101 Å². The second-order valence-electron chi connectivity index (χ2n) is 4.35. The van der Waals surface area contributed by atoms with Crippen LogP contribution in [0.3, 0.4) is 0 Å². The first kappa shape index (κ1) is 12.0. The number of ether oxygens (including phenoxy) is 1. The van der Waals surface area contributed by atoms with Crippen molar-refractivity contribution >= 4 is 21.4 Å². The number of nitrogens with zero attached hydrogens (tertiary/aromatic N) is 1. The van der Waals surface area contributed by atoms with Crippen LogP contribution in [0.1, 0.15) is 6.92 Å². The minimum absolute atomic E-state index is 0.127. The Morgan fingerprint density at radius 1 is 1.47 bits per heavy atom.